The third-order valence-electron chi connectivity index (χ3n) is 5.57. The van der Waals surface area contributed by atoms with Crippen LogP contribution in [-0.2, 0) is 11.8 Å². The first-order valence-corrected chi connectivity index (χ1v) is 10.8. The molecule has 0 bridgehead atoms. The van der Waals surface area contributed by atoms with Gasteiger partial charge in [0.2, 0.25) is 0 Å². The number of aromatic nitrogens is 4. The van der Waals surface area contributed by atoms with Crippen LogP contribution in [0.3, 0.4) is 0 Å². The lowest BCUT2D eigenvalue weighted by Crippen LogP contribution is -2.24. The van der Waals surface area contributed by atoms with Crippen molar-refractivity contribution >= 4 is 45.6 Å². The summed E-state index contributed by atoms with van der Waals surface area (Å²) in [4.78, 5) is 39.9. The summed E-state index contributed by atoms with van der Waals surface area (Å²) in [6.07, 6.45) is 0.390. The van der Waals surface area contributed by atoms with Gasteiger partial charge >= 0.3 is 5.97 Å². The topological polar surface area (TPSA) is 177 Å². The van der Waals surface area contributed by atoms with E-state index in [0.717, 1.165) is 33.7 Å². The molecule has 1 amide bonds. The van der Waals surface area contributed by atoms with Crippen molar-refractivity contribution < 1.29 is 14.7 Å². The van der Waals surface area contributed by atoms with Gasteiger partial charge in [0, 0.05) is 25.6 Å². The fraction of sp³-hybridized carbons (Fsp3) is 0.261. The molecule has 34 heavy (non-hydrogen) atoms. The van der Waals surface area contributed by atoms with Crippen molar-refractivity contribution in [3.8, 4) is 0 Å². The number of H-pyrrole nitrogens is 1. The van der Waals surface area contributed by atoms with E-state index in [2.05, 4.69) is 15.3 Å². The second-order valence-corrected chi connectivity index (χ2v) is 8.07. The normalized spacial score (nSPS) is 12.1. The molecule has 1 unspecified atom stereocenters. The van der Waals surface area contributed by atoms with Gasteiger partial charge in [-0.1, -0.05) is 0 Å². The molecule has 2 aromatic carbocycles. The molecule has 0 radical (unpaired) electrons. The number of nitrogens with one attached hydrogen (secondary N) is 2. The van der Waals surface area contributed by atoms with Gasteiger partial charge in [-0.15, -0.1) is 0 Å². The summed E-state index contributed by atoms with van der Waals surface area (Å²) in [5.74, 6) is 0.233. The van der Waals surface area contributed by atoms with E-state index in [1.54, 1.807) is 24.3 Å². The van der Waals surface area contributed by atoms with Gasteiger partial charge in [-0.25, -0.2) is 15.0 Å². The van der Waals surface area contributed by atoms with Crippen LogP contribution in [0.15, 0.2) is 41.4 Å². The Labute approximate surface area is 194 Å². The number of imidazole rings is 2. The molecule has 2 aromatic heterocycles. The number of hydrogen-bond acceptors (Lipinski definition) is 5. The predicted molar refractivity (Wildman–Crippen MR) is 129 cm³/mol. The Balaban J connectivity index is 1.58. The highest BCUT2D eigenvalue weighted by molar-refractivity contribution is 5.97. The number of amides is 1. The van der Waals surface area contributed by atoms with E-state index < -0.39 is 5.97 Å². The van der Waals surface area contributed by atoms with Gasteiger partial charge in [0.15, 0.2) is 5.96 Å². The molecule has 0 saturated carbocycles. The molecule has 0 aliphatic heterocycles. The Morgan fingerprint density at radius 3 is 2.68 bits per heavy atom. The number of hydrogen-bond donors (Lipinski definition) is 5. The van der Waals surface area contributed by atoms with Crippen molar-refractivity contribution in [1.82, 2.24) is 24.8 Å². The predicted octanol–water partition coefficient (Wildman–Crippen LogP) is 2.10. The molecule has 7 N–H and O–H groups in total. The number of aromatic amines is 1. The van der Waals surface area contributed by atoms with E-state index in [9.17, 15) is 9.59 Å². The minimum Gasteiger partial charge on any atom is -0.481 e. The third kappa shape index (κ3) is 4.68. The zero-order chi connectivity index (χ0) is 24.4. The SMILES string of the molecule is CC(c1nc2ccc(N=C(N)N)cc2[nH]1)c1nc2ccc(C(=O)NCCCC(=O)O)cc2n1C. The molecule has 0 spiro atoms. The van der Waals surface area contributed by atoms with E-state index in [1.165, 1.54) is 0 Å². The van der Waals surface area contributed by atoms with Crippen molar-refractivity contribution in [3.05, 3.63) is 53.6 Å². The first kappa shape index (κ1) is 22.8. The van der Waals surface area contributed by atoms with Crippen LogP contribution in [0.1, 0.15) is 47.7 Å². The lowest BCUT2D eigenvalue weighted by Gasteiger charge is -2.09. The highest BCUT2D eigenvalue weighted by Gasteiger charge is 2.20. The second kappa shape index (κ2) is 9.22. The highest BCUT2D eigenvalue weighted by atomic mass is 16.4. The number of nitrogens with zero attached hydrogens (tertiary/aromatic N) is 4. The zero-order valence-electron chi connectivity index (χ0n) is 18.9. The third-order valence-corrected chi connectivity index (χ3v) is 5.57. The average molecular weight is 463 g/mol. The Kier molecular flexibility index (Phi) is 6.17. The fourth-order valence-electron chi connectivity index (χ4n) is 3.84. The van der Waals surface area contributed by atoms with E-state index >= 15 is 0 Å². The molecule has 2 heterocycles. The first-order valence-electron chi connectivity index (χ1n) is 10.8. The lowest BCUT2D eigenvalue weighted by atomic mass is 10.1. The summed E-state index contributed by atoms with van der Waals surface area (Å²) in [5.41, 5.74) is 15.2. The van der Waals surface area contributed by atoms with Crippen LogP contribution in [0.4, 0.5) is 5.69 Å². The quantitative estimate of drug-likeness (QED) is 0.151. The molecule has 11 heteroatoms. The number of carbonyl (C=O) groups is 2. The number of benzene rings is 2. The monoisotopic (exact) mass is 462 g/mol. The standard InChI is InChI=1S/C23H26N8O3/c1-12(20-28-15-8-6-14(27-23(24)25)11-17(15)29-20)21-30-16-7-5-13(10-18(16)31(21)2)22(34)26-9-3-4-19(32)33/h5-8,10-12H,3-4,9H2,1-2H3,(H,26,34)(H,28,29)(H,32,33)(H4,24,25,27). The maximum absolute atomic E-state index is 12.5. The Bertz CT molecular complexity index is 1410. The van der Waals surface area contributed by atoms with Gasteiger partial charge in [0.1, 0.15) is 11.6 Å². The van der Waals surface area contributed by atoms with E-state index in [4.69, 9.17) is 26.5 Å². The van der Waals surface area contributed by atoms with E-state index in [0.29, 0.717) is 24.2 Å². The van der Waals surface area contributed by atoms with Crippen LogP contribution in [-0.4, -0.2) is 49.0 Å². The van der Waals surface area contributed by atoms with Crippen LogP contribution in [0.2, 0.25) is 0 Å². The number of aliphatic carboxylic acids is 1. The van der Waals surface area contributed by atoms with E-state index in [1.807, 2.05) is 30.7 Å². The van der Waals surface area contributed by atoms with Crippen LogP contribution in [0, 0.1) is 0 Å². The highest BCUT2D eigenvalue weighted by Crippen LogP contribution is 2.28. The summed E-state index contributed by atoms with van der Waals surface area (Å²) in [6, 6.07) is 10.8. The first-order chi connectivity index (χ1) is 16.2. The maximum Gasteiger partial charge on any atom is 0.303 e. The van der Waals surface area contributed by atoms with Gasteiger partial charge in [-0.05, 0) is 49.7 Å². The number of fused-ring (bicyclic) bond motifs is 2. The molecule has 0 aliphatic rings. The number of carboxylic acid groups (broad SMARTS) is 1. The van der Waals surface area contributed by atoms with Crippen molar-refractivity contribution in [2.24, 2.45) is 23.5 Å². The molecule has 0 aliphatic carbocycles. The Morgan fingerprint density at radius 1 is 1.18 bits per heavy atom. The Hall–Kier alpha value is -4.41. The molecule has 176 valence electrons. The summed E-state index contributed by atoms with van der Waals surface area (Å²) < 4.78 is 1.94. The molecular weight excluding hydrogens is 436 g/mol. The van der Waals surface area contributed by atoms with Gasteiger partial charge in [0.05, 0.1) is 33.7 Å². The summed E-state index contributed by atoms with van der Waals surface area (Å²) in [7, 11) is 1.90. The fourth-order valence-corrected chi connectivity index (χ4v) is 3.84. The molecule has 4 aromatic rings. The van der Waals surface area contributed by atoms with Crippen LogP contribution in [0.5, 0.6) is 0 Å². The van der Waals surface area contributed by atoms with Crippen molar-refractivity contribution in [2.75, 3.05) is 6.54 Å². The second-order valence-electron chi connectivity index (χ2n) is 8.07. The molecule has 4 rings (SSSR count). The smallest absolute Gasteiger partial charge is 0.303 e. The van der Waals surface area contributed by atoms with Crippen molar-refractivity contribution in [1.29, 1.82) is 0 Å². The number of aliphatic imine (C=N–C) groups is 1. The molecule has 0 saturated heterocycles. The van der Waals surface area contributed by atoms with Crippen molar-refractivity contribution in [3.63, 3.8) is 0 Å². The van der Waals surface area contributed by atoms with Crippen LogP contribution in [0.25, 0.3) is 22.1 Å². The lowest BCUT2D eigenvalue weighted by molar-refractivity contribution is -0.137. The number of carboxylic acids is 1. The van der Waals surface area contributed by atoms with Crippen LogP contribution >= 0.6 is 0 Å². The molecule has 1 atom stereocenters. The Morgan fingerprint density at radius 2 is 1.94 bits per heavy atom. The number of aryl methyl sites for hydroxylation is 1. The number of carbonyl (C=O) groups excluding carboxylic acids is 1. The van der Waals surface area contributed by atoms with Gasteiger partial charge in [0.25, 0.3) is 5.91 Å². The number of rotatable bonds is 8. The van der Waals surface area contributed by atoms with E-state index in [-0.39, 0.29) is 24.2 Å². The minimum atomic E-state index is -0.883. The minimum absolute atomic E-state index is 0.0135. The van der Waals surface area contributed by atoms with Gasteiger partial charge in [-0.2, -0.15) is 0 Å². The molecule has 0 fully saturated rings. The largest absolute Gasteiger partial charge is 0.481 e. The average Bonchev–Trinajstić information content (AvgIpc) is 3.36. The summed E-state index contributed by atoms with van der Waals surface area (Å²) in [6.45, 7) is 2.31. The summed E-state index contributed by atoms with van der Waals surface area (Å²) >= 11 is 0. The van der Waals surface area contributed by atoms with Crippen molar-refractivity contribution in [2.45, 2.75) is 25.7 Å². The molecule has 11 nitrogen and oxygen atoms in total. The maximum atomic E-state index is 12.5. The number of guanidine groups is 1. The summed E-state index contributed by atoms with van der Waals surface area (Å²) in [5, 5.41) is 11.5. The van der Waals surface area contributed by atoms with Gasteiger partial charge < -0.3 is 31.4 Å². The van der Waals surface area contributed by atoms with Gasteiger partial charge in [-0.3, -0.25) is 9.59 Å². The molecular formula is C23H26N8O3. The zero-order valence-corrected chi connectivity index (χ0v) is 18.9. The number of nitrogens with two attached hydrogens (primary N) is 2. The van der Waals surface area contributed by atoms with Crippen LogP contribution < -0.4 is 16.8 Å².